The van der Waals surface area contributed by atoms with Crippen LogP contribution in [0, 0.1) is 17.5 Å². The molecule has 1 aromatic heterocycles. The van der Waals surface area contributed by atoms with Crippen molar-refractivity contribution in [2.24, 2.45) is 7.05 Å². The molecule has 2 aromatic carbocycles. The van der Waals surface area contributed by atoms with Crippen molar-refractivity contribution in [1.29, 1.82) is 0 Å². The number of aromatic nitrogens is 1. The third-order valence-corrected chi connectivity index (χ3v) is 5.45. The van der Waals surface area contributed by atoms with Crippen molar-refractivity contribution < 1.29 is 18.0 Å². The standard InChI is InChI=1S/C21H19F3N2O/c1-25-17-5-3-2-4-14(17)12-18(25)13-8-10-26(11-9-13)21(27)15-6-7-16(22)20(24)19(15)23/h2-7,12-13H,8-11H2,1H3. The van der Waals surface area contributed by atoms with Gasteiger partial charge in [-0.3, -0.25) is 4.79 Å². The summed E-state index contributed by atoms with van der Waals surface area (Å²) in [6, 6.07) is 12.1. The Balaban J connectivity index is 1.51. The van der Waals surface area contributed by atoms with Gasteiger partial charge in [0.1, 0.15) is 0 Å². The van der Waals surface area contributed by atoms with Crippen molar-refractivity contribution >= 4 is 16.8 Å². The summed E-state index contributed by atoms with van der Waals surface area (Å²) >= 11 is 0. The number of hydrogen-bond acceptors (Lipinski definition) is 1. The average Bonchev–Trinajstić information content (AvgIpc) is 3.03. The first-order chi connectivity index (χ1) is 13.0. The average molecular weight is 372 g/mol. The number of benzene rings is 2. The lowest BCUT2D eigenvalue weighted by Crippen LogP contribution is -2.38. The number of aryl methyl sites for hydroxylation is 1. The zero-order valence-corrected chi connectivity index (χ0v) is 14.9. The highest BCUT2D eigenvalue weighted by Crippen LogP contribution is 2.32. The van der Waals surface area contributed by atoms with E-state index < -0.39 is 28.9 Å². The molecule has 3 aromatic rings. The Morgan fingerprint density at radius 2 is 1.70 bits per heavy atom. The summed E-state index contributed by atoms with van der Waals surface area (Å²) in [4.78, 5) is 14.0. The lowest BCUT2D eigenvalue weighted by Gasteiger charge is -2.32. The van der Waals surface area contributed by atoms with Gasteiger partial charge in [0.15, 0.2) is 17.5 Å². The normalized spacial score (nSPS) is 15.5. The quantitative estimate of drug-likeness (QED) is 0.603. The van der Waals surface area contributed by atoms with Gasteiger partial charge in [-0.2, -0.15) is 0 Å². The molecule has 4 rings (SSSR count). The fraction of sp³-hybridized carbons (Fsp3) is 0.286. The Labute approximate surface area is 155 Å². The number of halogens is 3. The molecule has 0 aliphatic carbocycles. The van der Waals surface area contributed by atoms with Crippen LogP contribution in [-0.2, 0) is 7.05 Å². The Kier molecular flexibility index (Phi) is 4.42. The van der Waals surface area contributed by atoms with Crippen molar-refractivity contribution in [3.63, 3.8) is 0 Å². The van der Waals surface area contributed by atoms with Crippen LogP contribution in [-0.4, -0.2) is 28.5 Å². The number of rotatable bonds is 2. The lowest BCUT2D eigenvalue weighted by atomic mass is 9.93. The van der Waals surface area contributed by atoms with Crippen LogP contribution in [0.1, 0.15) is 34.8 Å². The van der Waals surface area contributed by atoms with Crippen LogP contribution in [0.15, 0.2) is 42.5 Å². The van der Waals surface area contributed by atoms with Crippen molar-refractivity contribution in [2.45, 2.75) is 18.8 Å². The molecule has 1 fully saturated rings. The molecule has 1 amide bonds. The van der Waals surface area contributed by atoms with E-state index in [-0.39, 0.29) is 0 Å². The number of amides is 1. The van der Waals surface area contributed by atoms with Gasteiger partial charge in [-0.1, -0.05) is 18.2 Å². The zero-order valence-electron chi connectivity index (χ0n) is 14.9. The molecule has 140 valence electrons. The SMILES string of the molecule is Cn1c(C2CCN(C(=O)c3ccc(F)c(F)c3F)CC2)cc2ccccc21. The third kappa shape index (κ3) is 2.99. The molecule has 0 bridgehead atoms. The second-order valence-corrected chi connectivity index (χ2v) is 6.98. The lowest BCUT2D eigenvalue weighted by molar-refractivity contribution is 0.0705. The molecule has 1 aliphatic heterocycles. The molecule has 1 aliphatic rings. The fourth-order valence-electron chi connectivity index (χ4n) is 3.94. The van der Waals surface area contributed by atoms with E-state index in [1.54, 1.807) is 0 Å². The number of hydrogen-bond donors (Lipinski definition) is 0. The molecule has 0 unspecified atom stereocenters. The molecule has 0 spiro atoms. The van der Waals surface area contributed by atoms with Gasteiger partial charge in [0.25, 0.3) is 5.91 Å². The van der Waals surface area contributed by atoms with Crippen LogP contribution < -0.4 is 0 Å². The van der Waals surface area contributed by atoms with E-state index in [0.717, 1.165) is 30.5 Å². The topological polar surface area (TPSA) is 25.2 Å². The zero-order chi connectivity index (χ0) is 19.1. The van der Waals surface area contributed by atoms with Gasteiger partial charge in [0, 0.05) is 37.3 Å². The first kappa shape index (κ1) is 17.6. The maximum atomic E-state index is 13.9. The Hall–Kier alpha value is -2.76. The van der Waals surface area contributed by atoms with E-state index >= 15 is 0 Å². The van der Waals surface area contributed by atoms with Gasteiger partial charge in [0.05, 0.1) is 5.56 Å². The fourth-order valence-corrected chi connectivity index (χ4v) is 3.94. The van der Waals surface area contributed by atoms with Crippen molar-refractivity contribution in [1.82, 2.24) is 9.47 Å². The predicted octanol–water partition coefficient (Wildman–Crippen LogP) is 4.62. The van der Waals surface area contributed by atoms with Crippen LogP contribution in [0.4, 0.5) is 13.2 Å². The van der Waals surface area contributed by atoms with Gasteiger partial charge < -0.3 is 9.47 Å². The number of carbonyl (C=O) groups is 1. The first-order valence-corrected chi connectivity index (χ1v) is 8.94. The number of para-hydroxylation sites is 1. The van der Waals surface area contributed by atoms with E-state index in [9.17, 15) is 18.0 Å². The van der Waals surface area contributed by atoms with Gasteiger partial charge >= 0.3 is 0 Å². The van der Waals surface area contributed by atoms with Gasteiger partial charge in [-0.15, -0.1) is 0 Å². The smallest absolute Gasteiger partial charge is 0.256 e. The van der Waals surface area contributed by atoms with Crippen molar-refractivity contribution in [2.75, 3.05) is 13.1 Å². The monoisotopic (exact) mass is 372 g/mol. The predicted molar refractivity (Wildman–Crippen MR) is 97.1 cm³/mol. The Morgan fingerprint density at radius 3 is 2.41 bits per heavy atom. The molecule has 0 atom stereocenters. The highest BCUT2D eigenvalue weighted by atomic mass is 19.2. The third-order valence-electron chi connectivity index (χ3n) is 5.45. The molecule has 3 nitrogen and oxygen atoms in total. The summed E-state index contributed by atoms with van der Waals surface area (Å²) in [5.41, 5.74) is 1.95. The van der Waals surface area contributed by atoms with Crippen LogP contribution in [0.25, 0.3) is 10.9 Å². The summed E-state index contributed by atoms with van der Waals surface area (Å²) in [7, 11) is 2.03. The van der Waals surface area contributed by atoms with Crippen LogP contribution >= 0.6 is 0 Å². The van der Waals surface area contributed by atoms with Crippen molar-refractivity contribution in [3.8, 4) is 0 Å². The van der Waals surface area contributed by atoms with Gasteiger partial charge in [0.2, 0.25) is 0 Å². The molecular weight excluding hydrogens is 353 g/mol. The summed E-state index contributed by atoms with van der Waals surface area (Å²) in [6.07, 6.45) is 1.47. The largest absolute Gasteiger partial charge is 0.347 e. The molecule has 27 heavy (non-hydrogen) atoms. The molecule has 2 heterocycles. The Morgan fingerprint density at radius 1 is 1.00 bits per heavy atom. The molecule has 6 heteroatoms. The number of carbonyl (C=O) groups excluding carboxylic acids is 1. The van der Waals surface area contributed by atoms with E-state index in [0.29, 0.717) is 19.0 Å². The number of likely N-dealkylation sites (tertiary alicyclic amines) is 1. The van der Waals surface area contributed by atoms with E-state index in [2.05, 4.69) is 22.8 Å². The highest BCUT2D eigenvalue weighted by molar-refractivity contribution is 5.94. The minimum atomic E-state index is -1.61. The summed E-state index contributed by atoms with van der Waals surface area (Å²) in [5.74, 6) is -4.62. The number of fused-ring (bicyclic) bond motifs is 1. The first-order valence-electron chi connectivity index (χ1n) is 8.94. The summed E-state index contributed by atoms with van der Waals surface area (Å²) in [6.45, 7) is 0.896. The van der Waals surface area contributed by atoms with Crippen LogP contribution in [0.3, 0.4) is 0 Å². The van der Waals surface area contributed by atoms with Crippen LogP contribution in [0.2, 0.25) is 0 Å². The number of nitrogens with zero attached hydrogens (tertiary/aromatic N) is 2. The molecular formula is C21H19F3N2O. The van der Waals surface area contributed by atoms with E-state index in [1.165, 1.54) is 16.0 Å². The second-order valence-electron chi connectivity index (χ2n) is 6.98. The summed E-state index contributed by atoms with van der Waals surface area (Å²) in [5, 5.41) is 1.18. The second kappa shape index (κ2) is 6.76. The van der Waals surface area contributed by atoms with Gasteiger partial charge in [-0.25, -0.2) is 13.2 Å². The van der Waals surface area contributed by atoms with E-state index in [1.807, 2.05) is 19.2 Å². The minimum Gasteiger partial charge on any atom is -0.347 e. The Bertz CT molecular complexity index is 1020. The number of piperidine rings is 1. The molecule has 0 N–H and O–H groups in total. The maximum absolute atomic E-state index is 13.9. The molecule has 1 saturated heterocycles. The van der Waals surface area contributed by atoms with Crippen LogP contribution in [0.5, 0.6) is 0 Å². The highest BCUT2D eigenvalue weighted by Gasteiger charge is 2.29. The summed E-state index contributed by atoms with van der Waals surface area (Å²) < 4.78 is 42.6. The maximum Gasteiger partial charge on any atom is 0.256 e. The molecule has 0 radical (unpaired) electrons. The van der Waals surface area contributed by atoms with Crippen molar-refractivity contribution in [3.05, 3.63) is 71.2 Å². The van der Waals surface area contributed by atoms with Gasteiger partial charge in [-0.05, 0) is 42.5 Å². The van der Waals surface area contributed by atoms with E-state index in [4.69, 9.17) is 0 Å². The minimum absolute atomic E-state index is 0.293. The molecule has 0 saturated carbocycles.